The highest BCUT2D eigenvalue weighted by Gasteiger charge is 2.11. The number of rotatable bonds is 5. The molecule has 0 aliphatic rings. The smallest absolute Gasteiger partial charge is 0.0681 e. The van der Waals surface area contributed by atoms with E-state index in [1.807, 2.05) is 6.07 Å². The molecule has 0 fully saturated rings. The Bertz CT molecular complexity index is 334. The molecule has 0 spiro atoms. The second kappa shape index (κ2) is 5.90. The summed E-state index contributed by atoms with van der Waals surface area (Å²) < 4.78 is 0. The van der Waals surface area contributed by atoms with Gasteiger partial charge in [0.1, 0.15) is 0 Å². The molecule has 0 aliphatic carbocycles. The van der Waals surface area contributed by atoms with Crippen LogP contribution < -0.4 is 4.90 Å². The fourth-order valence-corrected chi connectivity index (χ4v) is 2.04. The zero-order chi connectivity index (χ0) is 12.1. The van der Waals surface area contributed by atoms with Crippen molar-refractivity contribution in [3.8, 4) is 0 Å². The van der Waals surface area contributed by atoms with E-state index in [1.165, 1.54) is 11.3 Å². The summed E-state index contributed by atoms with van der Waals surface area (Å²) in [5, 5.41) is 9.09. The molecule has 0 bridgehead atoms. The van der Waals surface area contributed by atoms with E-state index in [2.05, 4.69) is 44.7 Å². The van der Waals surface area contributed by atoms with Crippen molar-refractivity contribution in [3.63, 3.8) is 0 Å². The van der Waals surface area contributed by atoms with Crippen LogP contribution in [0.1, 0.15) is 38.3 Å². The molecule has 0 aliphatic heterocycles. The Labute approximate surface area is 98.9 Å². The van der Waals surface area contributed by atoms with Crippen LogP contribution in [0, 0.1) is 6.92 Å². The Morgan fingerprint density at radius 3 is 2.44 bits per heavy atom. The van der Waals surface area contributed by atoms with Gasteiger partial charge in [-0.3, -0.25) is 0 Å². The van der Waals surface area contributed by atoms with Gasteiger partial charge in [-0.15, -0.1) is 0 Å². The average Bonchev–Trinajstić information content (AvgIpc) is 2.26. The van der Waals surface area contributed by atoms with Crippen molar-refractivity contribution in [1.29, 1.82) is 0 Å². The van der Waals surface area contributed by atoms with Gasteiger partial charge in [-0.1, -0.05) is 19.1 Å². The highest BCUT2D eigenvalue weighted by molar-refractivity contribution is 5.55. The maximum absolute atomic E-state index is 9.09. The molecule has 1 rings (SSSR count). The van der Waals surface area contributed by atoms with Gasteiger partial charge in [-0.25, -0.2) is 0 Å². The van der Waals surface area contributed by atoms with E-state index >= 15 is 0 Å². The number of nitrogens with zero attached hydrogens (tertiary/aromatic N) is 1. The third-order valence-electron chi connectivity index (χ3n) is 2.84. The quantitative estimate of drug-likeness (QED) is 0.826. The second-order valence-electron chi connectivity index (χ2n) is 4.57. The van der Waals surface area contributed by atoms with Crippen LogP contribution in [0.5, 0.6) is 0 Å². The van der Waals surface area contributed by atoms with E-state index in [9.17, 15) is 0 Å². The molecule has 1 aromatic rings. The molecule has 0 amide bonds. The van der Waals surface area contributed by atoms with Gasteiger partial charge in [0.05, 0.1) is 6.61 Å². The predicted octanol–water partition coefficient (Wildman–Crippen LogP) is 3.11. The van der Waals surface area contributed by atoms with Crippen LogP contribution in [0.3, 0.4) is 0 Å². The summed E-state index contributed by atoms with van der Waals surface area (Å²) in [6.07, 6.45) is 1.15. The van der Waals surface area contributed by atoms with Gasteiger partial charge in [-0.2, -0.15) is 0 Å². The minimum absolute atomic E-state index is 0.122. The second-order valence-corrected chi connectivity index (χ2v) is 4.57. The van der Waals surface area contributed by atoms with E-state index < -0.39 is 0 Å². The summed E-state index contributed by atoms with van der Waals surface area (Å²) >= 11 is 0. The zero-order valence-electron chi connectivity index (χ0n) is 10.8. The molecule has 1 N–H and O–H groups in total. The van der Waals surface area contributed by atoms with Crippen molar-refractivity contribution >= 4 is 5.69 Å². The normalized spacial score (nSPS) is 10.9. The first-order valence-electron chi connectivity index (χ1n) is 6.07. The van der Waals surface area contributed by atoms with Crippen LogP contribution in [-0.4, -0.2) is 17.7 Å². The number of aryl methyl sites for hydroxylation is 1. The van der Waals surface area contributed by atoms with Crippen LogP contribution >= 0.6 is 0 Å². The Hall–Kier alpha value is -1.02. The van der Waals surface area contributed by atoms with Gasteiger partial charge in [0.15, 0.2) is 0 Å². The van der Waals surface area contributed by atoms with Crippen LogP contribution in [0.25, 0.3) is 0 Å². The lowest BCUT2D eigenvalue weighted by Crippen LogP contribution is -2.32. The molecule has 16 heavy (non-hydrogen) atoms. The highest BCUT2D eigenvalue weighted by atomic mass is 16.3. The molecule has 0 atom stereocenters. The Morgan fingerprint density at radius 1 is 1.31 bits per heavy atom. The Morgan fingerprint density at radius 2 is 2.00 bits per heavy atom. The molecule has 2 nitrogen and oxygen atoms in total. The van der Waals surface area contributed by atoms with Crippen molar-refractivity contribution < 1.29 is 5.11 Å². The molecular weight excluding hydrogens is 198 g/mol. The number of aliphatic hydroxyl groups is 1. The van der Waals surface area contributed by atoms with Gasteiger partial charge in [0.25, 0.3) is 0 Å². The van der Waals surface area contributed by atoms with Gasteiger partial charge in [-0.05, 0) is 44.4 Å². The summed E-state index contributed by atoms with van der Waals surface area (Å²) in [6.45, 7) is 9.95. The summed E-state index contributed by atoms with van der Waals surface area (Å²) in [7, 11) is 0. The van der Waals surface area contributed by atoms with Crippen molar-refractivity contribution in [2.24, 2.45) is 0 Å². The first kappa shape index (κ1) is 13.0. The minimum atomic E-state index is 0.122. The van der Waals surface area contributed by atoms with Crippen LogP contribution in [-0.2, 0) is 6.61 Å². The molecule has 1 aromatic carbocycles. The number of benzene rings is 1. The Balaban J connectivity index is 3.00. The number of anilines is 1. The van der Waals surface area contributed by atoms with Crippen molar-refractivity contribution in [1.82, 2.24) is 0 Å². The predicted molar refractivity (Wildman–Crippen MR) is 69.9 cm³/mol. The van der Waals surface area contributed by atoms with Crippen LogP contribution in [0.2, 0.25) is 0 Å². The van der Waals surface area contributed by atoms with E-state index in [1.54, 1.807) is 0 Å². The molecule has 0 radical (unpaired) electrons. The average molecular weight is 221 g/mol. The lowest BCUT2D eigenvalue weighted by atomic mass is 10.1. The van der Waals surface area contributed by atoms with Crippen molar-refractivity contribution in [2.45, 2.75) is 46.8 Å². The zero-order valence-corrected chi connectivity index (χ0v) is 10.8. The SMILES string of the molecule is CCCN(c1ccc(CO)cc1C)C(C)C. The molecule has 0 saturated carbocycles. The van der Waals surface area contributed by atoms with Gasteiger partial charge in [0.2, 0.25) is 0 Å². The van der Waals surface area contributed by atoms with E-state index in [-0.39, 0.29) is 6.61 Å². The summed E-state index contributed by atoms with van der Waals surface area (Å²) in [5.41, 5.74) is 3.52. The summed E-state index contributed by atoms with van der Waals surface area (Å²) in [4.78, 5) is 2.41. The largest absolute Gasteiger partial charge is 0.392 e. The molecule has 0 heterocycles. The third-order valence-corrected chi connectivity index (χ3v) is 2.84. The maximum Gasteiger partial charge on any atom is 0.0681 e. The summed E-state index contributed by atoms with van der Waals surface area (Å²) in [6, 6.07) is 6.71. The number of hydrogen-bond donors (Lipinski definition) is 1. The maximum atomic E-state index is 9.09. The van der Waals surface area contributed by atoms with Gasteiger partial charge in [0, 0.05) is 18.3 Å². The fourth-order valence-electron chi connectivity index (χ4n) is 2.04. The number of hydrogen-bond acceptors (Lipinski definition) is 2. The van der Waals surface area contributed by atoms with Crippen molar-refractivity contribution in [2.75, 3.05) is 11.4 Å². The van der Waals surface area contributed by atoms with Crippen LogP contribution in [0.4, 0.5) is 5.69 Å². The lowest BCUT2D eigenvalue weighted by molar-refractivity contribution is 0.282. The minimum Gasteiger partial charge on any atom is -0.392 e. The van der Waals surface area contributed by atoms with E-state index in [4.69, 9.17) is 5.11 Å². The molecule has 2 heteroatoms. The molecule has 0 aromatic heterocycles. The molecule has 0 saturated heterocycles. The molecule has 0 unspecified atom stereocenters. The lowest BCUT2D eigenvalue weighted by Gasteiger charge is -2.30. The van der Waals surface area contributed by atoms with Crippen molar-refractivity contribution in [3.05, 3.63) is 29.3 Å². The first-order chi connectivity index (χ1) is 7.60. The standard InChI is InChI=1S/C14H23NO/c1-5-8-15(11(2)3)14-7-6-13(10-16)9-12(14)4/h6-7,9,11,16H,5,8,10H2,1-4H3. The van der Waals surface area contributed by atoms with Crippen LogP contribution in [0.15, 0.2) is 18.2 Å². The van der Waals surface area contributed by atoms with E-state index in [0.29, 0.717) is 6.04 Å². The van der Waals surface area contributed by atoms with Gasteiger partial charge < -0.3 is 10.0 Å². The third kappa shape index (κ3) is 2.99. The van der Waals surface area contributed by atoms with E-state index in [0.717, 1.165) is 18.5 Å². The first-order valence-corrected chi connectivity index (χ1v) is 6.07. The molecular formula is C14H23NO. The monoisotopic (exact) mass is 221 g/mol. The summed E-state index contributed by atoms with van der Waals surface area (Å²) in [5.74, 6) is 0. The highest BCUT2D eigenvalue weighted by Crippen LogP contribution is 2.23. The molecule has 90 valence electrons. The Kier molecular flexibility index (Phi) is 4.81. The number of aliphatic hydroxyl groups excluding tert-OH is 1. The topological polar surface area (TPSA) is 23.5 Å². The fraction of sp³-hybridized carbons (Fsp3) is 0.571. The van der Waals surface area contributed by atoms with Gasteiger partial charge >= 0.3 is 0 Å².